The van der Waals surface area contributed by atoms with Gasteiger partial charge in [0.25, 0.3) is 0 Å². The molecular weight excluding hydrogens is 420 g/mol. The summed E-state index contributed by atoms with van der Waals surface area (Å²) < 4.78 is 11.4. The third-order valence-corrected chi connectivity index (χ3v) is 5.71. The second kappa shape index (κ2) is 10.9. The first-order valence-corrected chi connectivity index (χ1v) is 11.1. The molecule has 0 aromatic heterocycles. The Kier molecular flexibility index (Phi) is 7.48. The standard InChI is InChI=1S/C26H26N2O3S/c29-26(28-20(14-27-18-32)16-30-15-19-8-2-1-3-9-19)31-17-25-23-12-6-4-10-21(23)22-11-5-7-13-24(22)25/h1-13,18,20,25H,14-17H2,(H,27,32)(H,28,29)/t20-/m1/s1. The molecule has 1 amide bonds. The van der Waals surface area contributed by atoms with Crippen molar-refractivity contribution in [3.63, 3.8) is 0 Å². The van der Waals surface area contributed by atoms with Crippen LogP contribution in [0, 0.1) is 0 Å². The average molecular weight is 447 g/mol. The molecule has 0 bridgehead atoms. The van der Waals surface area contributed by atoms with Crippen molar-refractivity contribution < 1.29 is 14.3 Å². The largest absolute Gasteiger partial charge is 0.449 e. The van der Waals surface area contributed by atoms with E-state index < -0.39 is 6.09 Å². The maximum Gasteiger partial charge on any atom is 0.407 e. The molecule has 0 saturated heterocycles. The van der Waals surface area contributed by atoms with Crippen LogP contribution in [0.5, 0.6) is 0 Å². The number of thiocarbonyl (C=S) groups is 1. The number of hydrogen-bond donors (Lipinski definition) is 2. The zero-order chi connectivity index (χ0) is 22.2. The van der Waals surface area contributed by atoms with Crippen LogP contribution in [0.25, 0.3) is 11.1 Å². The fourth-order valence-corrected chi connectivity index (χ4v) is 4.14. The molecule has 0 saturated carbocycles. The van der Waals surface area contributed by atoms with Crippen molar-refractivity contribution in [1.29, 1.82) is 0 Å². The molecule has 1 atom stereocenters. The van der Waals surface area contributed by atoms with E-state index in [9.17, 15) is 4.79 Å². The molecule has 5 nitrogen and oxygen atoms in total. The molecule has 3 aromatic rings. The lowest BCUT2D eigenvalue weighted by Crippen LogP contribution is -2.45. The van der Waals surface area contributed by atoms with E-state index in [1.807, 2.05) is 54.6 Å². The molecule has 4 rings (SSSR count). The van der Waals surface area contributed by atoms with Gasteiger partial charge in [0.1, 0.15) is 6.61 Å². The Morgan fingerprint density at radius 3 is 2.22 bits per heavy atom. The predicted octanol–water partition coefficient (Wildman–Crippen LogP) is 4.66. The van der Waals surface area contributed by atoms with E-state index in [2.05, 4.69) is 34.9 Å². The summed E-state index contributed by atoms with van der Waals surface area (Å²) in [5, 5.41) is 5.86. The van der Waals surface area contributed by atoms with Gasteiger partial charge >= 0.3 is 6.09 Å². The van der Waals surface area contributed by atoms with Crippen LogP contribution in [-0.4, -0.2) is 37.4 Å². The van der Waals surface area contributed by atoms with Crippen LogP contribution in [0.3, 0.4) is 0 Å². The number of alkyl carbamates (subject to hydrolysis) is 1. The van der Waals surface area contributed by atoms with Gasteiger partial charge in [0.15, 0.2) is 0 Å². The highest BCUT2D eigenvalue weighted by molar-refractivity contribution is 7.78. The Balaban J connectivity index is 1.33. The van der Waals surface area contributed by atoms with Crippen LogP contribution in [0.4, 0.5) is 4.79 Å². The van der Waals surface area contributed by atoms with Crippen molar-refractivity contribution in [3.05, 3.63) is 95.6 Å². The zero-order valence-electron chi connectivity index (χ0n) is 17.7. The zero-order valence-corrected chi connectivity index (χ0v) is 18.5. The Morgan fingerprint density at radius 2 is 1.56 bits per heavy atom. The minimum atomic E-state index is -0.466. The van der Waals surface area contributed by atoms with Crippen LogP contribution < -0.4 is 10.6 Å². The van der Waals surface area contributed by atoms with Gasteiger partial charge in [0.05, 0.1) is 24.7 Å². The molecule has 6 heteroatoms. The van der Waals surface area contributed by atoms with Crippen molar-refractivity contribution in [1.82, 2.24) is 10.6 Å². The first-order valence-electron chi connectivity index (χ1n) is 10.7. The van der Waals surface area contributed by atoms with Crippen molar-refractivity contribution in [2.75, 3.05) is 19.8 Å². The highest BCUT2D eigenvalue weighted by Gasteiger charge is 2.29. The fourth-order valence-electron chi connectivity index (χ4n) is 4.04. The number of amides is 1. The number of benzene rings is 3. The SMILES string of the molecule is O=C(N[C@H](CNC=S)COCc1ccccc1)OCC1c2ccccc2-c2ccccc21. The quantitative estimate of drug-likeness (QED) is 0.444. The molecule has 0 unspecified atom stereocenters. The number of hydrogen-bond acceptors (Lipinski definition) is 4. The molecule has 0 aliphatic heterocycles. The summed E-state index contributed by atoms with van der Waals surface area (Å²) in [7, 11) is 0. The lowest BCUT2D eigenvalue weighted by atomic mass is 9.98. The lowest BCUT2D eigenvalue weighted by Gasteiger charge is -2.20. The fraction of sp³-hybridized carbons (Fsp3) is 0.231. The second-order valence-electron chi connectivity index (χ2n) is 7.69. The van der Waals surface area contributed by atoms with E-state index in [1.165, 1.54) is 27.7 Å². The van der Waals surface area contributed by atoms with E-state index in [-0.39, 0.29) is 18.6 Å². The van der Waals surface area contributed by atoms with Crippen molar-refractivity contribution in [2.45, 2.75) is 18.6 Å². The van der Waals surface area contributed by atoms with Gasteiger partial charge in [-0.05, 0) is 27.8 Å². The number of carbonyl (C=O) groups is 1. The topological polar surface area (TPSA) is 59.6 Å². The van der Waals surface area contributed by atoms with Gasteiger partial charge < -0.3 is 20.1 Å². The summed E-state index contributed by atoms with van der Waals surface area (Å²) in [6, 6.07) is 26.2. The minimum absolute atomic E-state index is 0.0278. The normalized spacial score (nSPS) is 13.0. The van der Waals surface area contributed by atoms with Gasteiger partial charge in [-0.2, -0.15) is 0 Å². The Bertz CT molecular complexity index is 1010. The molecule has 0 fully saturated rings. The van der Waals surface area contributed by atoms with Gasteiger partial charge in [0.2, 0.25) is 0 Å². The van der Waals surface area contributed by atoms with Gasteiger partial charge in [-0.1, -0.05) is 91.1 Å². The number of fused-ring (bicyclic) bond motifs is 3. The van der Waals surface area contributed by atoms with E-state index in [0.29, 0.717) is 19.8 Å². The molecule has 1 aliphatic rings. The second-order valence-corrected chi connectivity index (χ2v) is 7.93. The number of ether oxygens (including phenoxy) is 2. The third-order valence-electron chi connectivity index (χ3n) is 5.54. The van der Waals surface area contributed by atoms with E-state index in [1.54, 1.807) is 0 Å². The molecule has 32 heavy (non-hydrogen) atoms. The van der Waals surface area contributed by atoms with Crippen LogP contribution >= 0.6 is 12.2 Å². The van der Waals surface area contributed by atoms with Gasteiger partial charge in [-0.15, -0.1) is 0 Å². The summed E-state index contributed by atoms with van der Waals surface area (Å²) in [6.45, 7) is 1.55. The maximum absolute atomic E-state index is 12.6. The molecule has 164 valence electrons. The van der Waals surface area contributed by atoms with Crippen LogP contribution in [0.2, 0.25) is 0 Å². The van der Waals surface area contributed by atoms with Gasteiger partial charge in [-0.3, -0.25) is 0 Å². The summed E-state index contributed by atoms with van der Waals surface area (Å²) in [5.74, 6) is 0.0278. The number of nitrogens with one attached hydrogen (secondary N) is 2. The molecule has 0 heterocycles. The molecule has 0 radical (unpaired) electrons. The number of carbonyl (C=O) groups excluding carboxylic acids is 1. The Morgan fingerprint density at radius 1 is 0.938 bits per heavy atom. The first kappa shape index (κ1) is 22.0. The monoisotopic (exact) mass is 446 g/mol. The summed E-state index contributed by atoms with van der Waals surface area (Å²) in [5.41, 5.74) is 7.29. The van der Waals surface area contributed by atoms with E-state index in [0.717, 1.165) is 5.56 Å². The Hall–Kier alpha value is -3.22. The van der Waals surface area contributed by atoms with Crippen molar-refractivity contribution in [2.24, 2.45) is 0 Å². The number of rotatable bonds is 10. The van der Waals surface area contributed by atoms with Gasteiger partial charge in [-0.25, -0.2) is 4.79 Å². The molecule has 0 spiro atoms. The summed E-state index contributed by atoms with van der Waals surface area (Å²) in [6.07, 6.45) is -0.466. The summed E-state index contributed by atoms with van der Waals surface area (Å²) in [4.78, 5) is 12.6. The lowest BCUT2D eigenvalue weighted by molar-refractivity contribution is 0.0906. The molecule has 3 aromatic carbocycles. The van der Waals surface area contributed by atoms with Crippen LogP contribution in [-0.2, 0) is 16.1 Å². The maximum atomic E-state index is 12.6. The van der Waals surface area contributed by atoms with E-state index >= 15 is 0 Å². The van der Waals surface area contributed by atoms with Crippen LogP contribution in [0.1, 0.15) is 22.6 Å². The highest BCUT2D eigenvalue weighted by Crippen LogP contribution is 2.44. The molecule has 2 N–H and O–H groups in total. The van der Waals surface area contributed by atoms with Crippen molar-refractivity contribution in [3.8, 4) is 11.1 Å². The Labute approximate surface area is 193 Å². The van der Waals surface area contributed by atoms with E-state index in [4.69, 9.17) is 21.7 Å². The highest BCUT2D eigenvalue weighted by atomic mass is 32.1. The van der Waals surface area contributed by atoms with Crippen molar-refractivity contribution >= 4 is 23.8 Å². The minimum Gasteiger partial charge on any atom is -0.449 e. The molecule has 1 aliphatic carbocycles. The predicted molar refractivity (Wildman–Crippen MR) is 130 cm³/mol. The molecular formula is C26H26N2O3S. The van der Waals surface area contributed by atoms with Crippen LogP contribution in [0.15, 0.2) is 78.9 Å². The average Bonchev–Trinajstić information content (AvgIpc) is 3.15. The first-order chi connectivity index (χ1) is 15.8. The third kappa shape index (κ3) is 5.33. The smallest absolute Gasteiger partial charge is 0.407 e. The van der Waals surface area contributed by atoms with Gasteiger partial charge in [0, 0.05) is 12.5 Å². The summed E-state index contributed by atoms with van der Waals surface area (Å²) >= 11 is 4.85.